The summed E-state index contributed by atoms with van der Waals surface area (Å²) >= 11 is 0. The molecule has 4 nitrogen and oxygen atoms in total. The van der Waals surface area contributed by atoms with Crippen LogP contribution in [-0.2, 0) is 0 Å². The largest absolute Gasteiger partial charge is 0.464 e. The van der Waals surface area contributed by atoms with Gasteiger partial charge in [-0.05, 0) is 12.1 Å². The van der Waals surface area contributed by atoms with Crippen molar-refractivity contribution in [3.63, 3.8) is 0 Å². The third-order valence-electron chi connectivity index (χ3n) is 1.69. The average Bonchev–Trinajstić information content (AvgIpc) is 2.49. The number of hydrogen-bond acceptors (Lipinski definition) is 4. The summed E-state index contributed by atoms with van der Waals surface area (Å²) in [4.78, 5) is 4.12. The third kappa shape index (κ3) is 0.931. The first-order valence-electron chi connectivity index (χ1n) is 3.59. The normalized spacial score (nSPS) is 10.5. The molecule has 0 aliphatic carbocycles. The van der Waals surface area contributed by atoms with Crippen LogP contribution in [0.5, 0.6) is 0 Å². The molecule has 0 amide bonds. The van der Waals surface area contributed by atoms with Gasteiger partial charge in [0.25, 0.3) is 0 Å². The number of aromatic nitrogens is 1. The van der Waals surface area contributed by atoms with E-state index < -0.39 is 0 Å². The zero-order valence-corrected chi connectivity index (χ0v) is 6.69. The van der Waals surface area contributed by atoms with Gasteiger partial charge in [-0.2, -0.15) is 0 Å². The molecule has 4 heteroatoms. The fraction of sp³-hybridized carbons (Fsp3) is 0.125. The Bertz CT molecular complexity index is 394. The number of anilines is 1. The van der Waals surface area contributed by atoms with Crippen LogP contribution < -0.4 is 10.9 Å². The maximum absolute atomic E-state index is 5.57. The highest BCUT2D eigenvalue weighted by atomic mass is 16.3. The molecule has 0 bridgehead atoms. The van der Waals surface area contributed by atoms with Crippen LogP contribution >= 0.6 is 0 Å². The number of fused-ring (bicyclic) bond motifs is 1. The zero-order chi connectivity index (χ0) is 8.55. The molecule has 0 radical (unpaired) electrons. The van der Waals surface area contributed by atoms with Gasteiger partial charge in [0.15, 0.2) is 5.82 Å². The lowest BCUT2D eigenvalue weighted by molar-refractivity contribution is 0.615. The van der Waals surface area contributed by atoms with Crippen molar-refractivity contribution < 1.29 is 4.42 Å². The van der Waals surface area contributed by atoms with Gasteiger partial charge in [0.05, 0.1) is 11.6 Å². The summed E-state index contributed by atoms with van der Waals surface area (Å²) in [6, 6.07) is 3.66. The maximum Gasteiger partial charge on any atom is 0.153 e. The van der Waals surface area contributed by atoms with Crippen molar-refractivity contribution in [1.82, 2.24) is 4.98 Å². The maximum atomic E-state index is 5.57. The number of nitrogens with zero attached hydrogens (tertiary/aromatic N) is 2. The monoisotopic (exact) mass is 163 g/mol. The Morgan fingerprint density at radius 3 is 3.08 bits per heavy atom. The predicted octanol–water partition coefficient (Wildman–Crippen LogP) is 1.14. The smallest absolute Gasteiger partial charge is 0.153 e. The highest BCUT2D eigenvalue weighted by Crippen LogP contribution is 2.22. The summed E-state index contributed by atoms with van der Waals surface area (Å²) < 4.78 is 5.19. The summed E-state index contributed by atoms with van der Waals surface area (Å²) in [7, 11) is 1.74. The second-order valence-corrected chi connectivity index (χ2v) is 2.58. The minimum atomic E-state index is 0.723. The molecule has 2 rings (SSSR count). The molecule has 0 unspecified atom stereocenters. The van der Waals surface area contributed by atoms with Gasteiger partial charge in [-0.1, -0.05) is 0 Å². The van der Waals surface area contributed by atoms with E-state index in [9.17, 15) is 0 Å². The molecule has 0 fully saturated rings. The highest BCUT2D eigenvalue weighted by Gasteiger charge is 2.05. The highest BCUT2D eigenvalue weighted by molar-refractivity contribution is 5.87. The van der Waals surface area contributed by atoms with E-state index in [4.69, 9.17) is 10.3 Å². The third-order valence-corrected chi connectivity index (χ3v) is 1.69. The number of pyridine rings is 1. The Kier molecular flexibility index (Phi) is 1.48. The van der Waals surface area contributed by atoms with Crippen LogP contribution in [0.4, 0.5) is 5.82 Å². The van der Waals surface area contributed by atoms with Gasteiger partial charge in [-0.15, -0.1) is 0 Å². The number of rotatable bonds is 1. The van der Waals surface area contributed by atoms with E-state index >= 15 is 0 Å². The summed E-state index contributed by atoms with van der Waals surface area (Å²) in [6.07, 6.45) is 3.30. The first-order chi connectivity index (χ1) is 5.79. The molecule has 2 heterocycles. The van der Waals surface area contributed by atoms with E-state index in [1.165, 1.54) is 5.01 Å². The van der Waals surface area contributed by atoms with Crippen LogP contribution in [0.15, 0.2) is 29.0 Å². The van der Waals surface area contributed by atoms with Crippen molar-refractivity contribution in [3.8, 4) is 0 Å². The standard InChI is InChI=1S/C8H9N3O/c1-11(9)8-6-3-5-12-7(6)2-4-10-8/h2-5H,9H2,1H3. The minimum absolute atomic E-state index is 0.723. The lowest BCUT2D eigenvalue weighted by atomic mass is 10.3. The van der Waals surface area contributed by atoms with Crippen LogP contribution in [0.2, 0.25) is 0 Å². The topological polar surface area (TPSA) is 55.3 Å². The SMILES string of the molecule is CN(N)c1nccc2occc12. The Morgan fingerprint density at radius 1 is 1.50 bits per heavy atom. The van der Waals surface area contributed by atoms with Crippen molar-refractivity contribution in [1.29, 1.82) is 0 Å². The molecule has 0 atom stereocenters. The molecule has 0 spiro atoms. The molecule has 2 aromatic heterocycles. The lowest BCUT2D eigenvalue weighted by Gasteiger charge is -2.10. The number of nitrogens with two attached hydrogens (primary N) is 1. The van der Waals surface area contributed by atoms with Gasteiger partial charge < -0.3 is 4.42 Å². The Labute approximate surface area is 69.6 Å². The van der Waals surface area contributed by atoms with E-state index in [-0.39, 0.29) is 0 Å². The number of hydrogen-bond donors (Lipinski definition) is 1. The van der Waals surface area contributed by atoms with Crippen molar-refractivity contribution in [2.75, 3.05) is 12.1 Å². The lowest BCUT2D eigenvalue weighted by Crippen LogP contribution is -2.26. The first-order valence-corrected chi connectivity index (χ1v) is 3.59. The predicted molar refractivity (Wildman–Crippen MR) is 46.6 cm³/mol. The molecule has 0 aliphatic rings. The summed E-state index contributed by atoms with van der Waals surface area (Å²) in [5, 5.41) is 2.40. The summed E-state index contributed by atoms with van der Waals surface area (Å²) in [5.41, 5.74) is 0.803. The molecular weight excluding hydrogens is 154 g/mol. The molecule has 0 aromatic carbocycles. The van der Waals surface area contributed by atoms with Crippen LogP contribution in [-0.4, -0.2) is 12.0 Å². The summed E-state index contributed by atoms with van der Waals surface area (Å²) in [6.45, 7) is 0. The van der Waals surface area contributed by atoms with Crippen LogP contribution in [0.1, 0.15) is 0 Å². The first kappa shape index (κ1) is 7.12. The molecule has 2 N–H and O–H groups in total. The van der Waals surface area contributed by atoms with Crippen LogP contribution in [0.3, 0.4) is 0 Å². The molecule has 0 aliphatic heterocycles. The fourth-order valence-electron chi connectivity index (χ4n) is 1.16. The quantitative estimate of drug-likeness (QED) is 0.506. The Balaban J connectivity index is 2.73. The van der Waals surface area contributed by atoms with E-state index in [0.717, 1.165) is 16.8 Å². The number of furan rings is 1. The molecule has 0 saturated heterocycles. The van der Waals surface area contributed by atoms with Crippen molar-refractivity contribution in [3.05, 3.63) is 24.6 Å². The van der Waals surface area contributed by atoms with Crippen LogP contribution in [0.25, 0.3) is 11.0 Å². The fourth-order valence-corrected chi connectivity index (χ4v) is 1.16. The van der Waals surface area contributed by atoms with Crippen molar-refractivity contribution in [2.24, 2.45) is 5.84 Å². The van der Waals surface area contributed by atoms with Crippen molar-refractivity contribution in [2.45, 2.75) is 0 Å². The molecule has 12 heavy (non-hydrogen) atoms. The molecule has 2 aromatic rings. The second-order valence-electron chi connectivity index (χ2n) is 2.58. The van der Waals surface area contributed by atoms with E-state index in [0.29, 0.717) is 0 Å². The van der Waals surface area contributed by atoms with Gasteiger partial charge >= 0.3 is 0 Å². The van der Waals surface area contributed by atoms with Crippen LogP contribution in [0, 0.1) is 0 Å². The van der Waals surface area contributed by atoms with Gasteiger partial charge in [0.1, 0.15) is 5.58 Å². The van der Waals surface area contributed by atoms with Crippen molar-refractivity contribution >= 4 is 16.8 Å². The average molecular weight is 163 g/mol. The molecule has 0 saturated carbocycles. The van der Waals surface area contributed by atoms with E-state index in [1.807, 2.05) is 12.1 Å². The zero-order valence-electron chi connectivity index (χ0n) is 6.69. The van der Waals surface area contributed by atoms with E-state index in [1.54, 1.807) is 19.5 Å². The van der Waals surface area contributed by atoms with E-state index in [2.05, 4.69) is 4.98 Å². The van der Waals surface area contributed by atoms with Gasteiger partial charge in [0.2, 0.25) is 0 Å². The van der Waals surface area contributed by atoms with Gasteiger partial charge in [0, 0.05) is 13.2 Å². The Hall–Kier alpha value is -1.55. The molecular formula is C8H9N3O. The van der Waals surface area contributed by atoms with Gasteiger partial charge in [-0.25, -0.2) is 10.8 Å². The minimum Gasteiger partial charge on any atom is -0.464 e. The second kappa shape index (κ2) is 2.49. The molecule has 62 valence electrons. The summed E-state index contributed by atoms with van der Waals surface area (Å²) in [5.74, 6) is 6.29. The van der Waals surface area contributed by atoms with Gasteiger partial charge in [-0.3, -0.25) is 5.01 Å². The Morgan fingerprint density at radius 2 is 2.33 bits per heavy atom. The number of hydrazine groups is 1.